The number of Topliss-reactive ketones (excluding diaryl/α,β-unsaturated/α-hetero) is 1. The van der Waals surface area contributed by atoms with E-state index in [2.05, 4.69) is 0 Å². The Morgan fingerprint density at radius 3 is 2.57 bits per heavy atom. The van der Waals surface area contributed by atoms with Crippen molar-refractivity contribution in [2.24, 2.45) is 0 Å². The zero-order valence-electron chi connectivity index (χ0n) is 19.9. The number of nitrogens with zero attached hydrogens (tertiary/aromatic N) is 1. The van der Waals surface area contributed by atoms with E-state index in [4.69, 9.17) is 30.5 Å². The number of ether oxygens (including phenoxy) is 4. The van der Waals surface area contributed by atoms with Crippen LogP contribution in [-0.4, -0.2) is 42.4 Å². The molecule has 2 aliphatic heterocycles. The van der Waals surface area contributed by atoms with Crippen molar-refractivity contribution in [3.05, 3.63) is 76.3 Å². The van der Waals surface area contributed by atoms with E-state index < -0.39 is 23.5 Å². The molecule has 0 spiro atoms. The lowest BCUT2D eigenvalue weighted by molar-refractivity contribution is -0.132. The normalized spacial score (nSPS) is 17.8. The number of aliphatic hydroxyl groups excluding tert-OH is 1. The molecule has 0 aliphatic carbocycles. The average Bonchev–Trinajstić information content (AvgIpc) is 3.47. The molecule has 0 radical (unpaired) electrons. The number of methoxy groups -OCH3 is 1. The highest BCUT2D eigenvalue weighted by Crippen LogP contribution is 2.46. The van der Waals surface area contributed by atoms with Crippen molar-refractivity contribution >= 4 is 34.7 Å². The first-order valence-electron chi connectivity index (χ1n) is 11.3. The van der Waals surface area contributed by atoms with Crippen LogP contribution in [0.4, 0.5) is 5.69 Å². The molecule has 1 atom stereocenters. The molecule has 2 N–H and O–H groups in total. The zero-order valence-corrected chi connectivity index (χ0v) is 20.6. The van der Waals surface area contributed by atoms with Gasteiger partial charge in [0.25, 0.3) is 11.7 Å². The van der Waals surface area contributed by atoms with E-state index >= 15 is 0 Å². The second-order valence-electron chi connectivity index (χ2n) is 8.22. The lowest BCUT2D eigenvalue weighted by atomic mass is 9.94. The zero-order chi connectivity index (χ0) is 26.3. The maximum Gasteiger partial charge on any atom is 0.300 e. The van der Waals surface area contributed by atoms with Gasteiger partial charge in [-0.25, -0.2) is 0 Å². The van der Waals surface area contributed by atoms with E-state index in [1.165, 1.54) is 36.3 Å². The number of hydrogen-bond acceptors (Lipinski definition) is 8. The Bertz CT molecular complexity index is 1450. The van der Waals surface area contributed by atoms with Gasteiger partial charge in [-0.15, -0.1) is 0 Å². The molecule has 0 saturated carbocycles. The first-order valence-corrected chi connectivity index (χ1v) is 11.7. The largest absolute Gasteiger partial charge is 0.507 e. The lowest BCUT2D eigenvalue weighted by Gasteiger charge is -2.26. The van der Waals surface area contributed by atoms with Crippen LogP contribution >= 0.6 is 11.6 Å². The van der Waals surface area contributed by atoms with Gasteiger partial charge in [-0.2, -0.15) is 0 Å². The second kappa shape index (κ2) is 9.59. The van der Waals surface area contributed by atoms with Crippen LogP contribution < -0.4 is 23.8 Å². The van der Waals surface area contributed by atoms with Gasteiger partial charge in [0.15, 0.2) is 23.0 Å². The third-order valence-corrected chi connectivity index (χ3v) is 6.40. The Morgan fingerprint density at radius 2 is 1.84 bits per heavy atom. The fourth-order valence-electron chi connectivity index (χ4n) is 4.39. The number of carbonyl (C=O) groups excluding carboxylic acids is 2. The number of phenolic OH excluding ortho intramolecular Hbond substituents is 1. The van der Waals surface area contributed by atoms with Crippen LogP contribution in [-0.2, 0) is 9.59 Å². The summed E-state index contributed by atoms with van der Waals surface area (Å²) in [6.45, 7) is 2.08. The molecule has 3 aromatic rings. The van der Waals surface area contributed by atoms with Crippen molar-refractivity contribution in [1.82, 2.24) is 0 Å². The number of ketones is 1. The van der Waals surface area contributed by atoms with Crippen molar-refractivity contribution in [3.8, 4) is 28.7 Å². The minimum absolute atomic E-state index is 0.0366. The predicted octanol–water partition coefficient (Wildman–Crippen LogP) is 4.81. The molecule has 5 rings (SSSR count). The minimum Gasteiger partial charge on any atom is -0.507 e. The van der Waals surface area contributed by atoms with E-state index in [1.807, 2.05) is 0 Å². The van der Waals surface area contributed by atoms with E-state index in [0.29, 0.717) is 28.5 Å². The van der Waals surface area contributed by atoms with Crippen molar-refractivity contribution < 1.29 is 38.7 Å². The van der Waals surface area contributed by atoms with Crippen LogP contribution in [0.2, 0.25) is 5.02 Å². The van der Waals surface area contributed by atoms with Crippen molar-refractivity contribution in [3.63, 3.8) is 0 Å². The Labute approximate surface area is 217 Å². The number of amides is 1. The number of rotatable bonds is 6. The number of aromatic hydroxyl groups is 1. The topological polar surface area (TPSA) is 115 Å². The number of hydrogen-bond donors (Lipinski definition) is 2. The number of phenols is 1. The Morgan fingerprint density at radius 1 is 1.05 bits per heavy atom. The SMILES string of the molecule is CCOc1cc(C2/C(=C(\O)c3ccc(OC)c(Cl)c3)C(=O)C(=O)N2c2ccc3c(c2)OCO3)ccc1O. The van der Waals surface area contributed by atoms with Gasteiger partial charge in [-0.3, -0.25) is 14.5 Å². The minimum atomic E-state index is -1.05. The molecule has 37 heavy (non-hydrogen) atoms. The monoisotopic (exact) mass is 523 g/mol. The summed E-state index contributed by atoms with van der Waals surface area (Å²) in [5, 5.41) is 21.8. The second-order valence-corrected chi connectivity index (χ2v) is 8.62. The molecule has 0 bridgehead atoms. The number of anilines is 1. The molecule has 2 heterocycles. The first-order chi connectivity index (χ1) is 17.8. The average molecular weight is 524 g/mol. The molecule has 1 amide bonds. The standard InChI is InChI=1S/C27H22ClNO8/c1-3-35-21-11-14(4-7-18(21)30)24-23(25(31)15-5-8-19(34-2)17(28)10-15)26(32)27(33)29(24)16-6-9-20-22(12-16)37-13-36-20/h4-12,24,30-31H,3,13H2,1-2H3/b25-23+. The summed E-state index contributed by atoms with van der Waals surface area (Å²) in [7, 11) is 1.46. The fourth-order valence-corrected chi connectivity index (χ4v) is 4.65. The molecule has 190 valence electrons. The van der Waals surface area contributed by atoms with Crippen LogP contribution in [0.25, 0.3) is 5.76 Å². The highest BCUT2D eigenvalue weighted by Gasteiger charge is 2.47. The molecule has 9 nitrogen and oxygen atoms in total. The van der Waals surface area contributed by atoms with Gasteiger partial charge in [0.05, 0.1) is 30.4 Å². The lowest BCUT2D eigenvalue weighted by Crippen LogP contribution is -2.29. The van der Waals surface area contributed by atoms with E-state index in [-0.39, 0.29) is 41.1 Å². The Hall–Kier alpha value is -4.37. The first kappa shape index (κ1) is 24.3. The third-order valence-electron chi connectivity index (χ3n) is 6.10. The quantitative estimate of drug-likeness (QED) is 0.269. The van der Waals surface area contributed by atoms with Gasteiger partial charge in [-0.05, 0) is 55.0 Å². The van der Waals surface area contributed by atoms with E-state index in [1.54, 1.807) is 37.3 Å². The summed E-state index contributed by atoms with van der Waals surface area (Å²) < 4.78 is 21.5. The summed E-state index contributed by atoms with van der Waals surface area (Å²) >= 11 is 6.26. The molecule has 0 aromatic heterocycles. The maximum absolute atomic E-state index is 13.4. The van der Waals surface area contributed by atoms with Crippen molar-refractivity contribution in [1.29, 1.82) is 0 Å². The third kappa shape index (κ3) is 4.17. The Kier molecular flexibility index (Phi) is 6.31. The number of benzene rings is 3. The van der Waals surface area contributed by atoms with Crippen LogP contribution in [0.5, 0.6) is 28.7 Å². The highest BCUT2D eigenvalue weighted by molar-refractivity contribution is 6.51. The molecule has 1 unspecified atom stereocenters. The number of carbonyl (C=O) groups is 2. The van der Waals surface area contributed by atoms with Crippen molar-refractivity contribution in [2.75, 3.05) is 25.4 Å². The summed E-state index contributed by atoms with van der Waals surface area (Å²) in [4.78, 5) is 28.1. The molecular formula is C27H22ClNO8. The van der Waals surface area contributed by atoms with Gasteiger partial charge >= 0.3 is 0 Å². The van der Waals surface area contributed by atoms with Crippen molar-refractivity contribution in [2.45, 2.75) is 13.0 Å². The smallest absolute Gasteiger partial charge is 0.300 e. The molecule has 1 fully saturated rings. The van der Waals surface area contributed by atoms with Gasteiger partial charge < -0.3 is 29.2 Å². The summed E-state index contributed by atoms with van der Waals surface area (Å²) in [5.74, 6) is -0.781. The maximum atomic E-state index is 13.4. The molecule has 3 aromatic carbocycles. The number of aliphatic hydroxyl groups is 1. The van der Waals surface area contributed by atoms with Crippen LogP contribution in [0.3, 0.4) is 0 Å². The summed E-state index contributed by atoms with van der Waals surface area (Å²) in [5.41, 5.74) is 0.855. The number of halogens is 1. The molecule has 1 saturated heterocycles. The Balaban J connectivity index is 1.71. The summed E-state index contributed by atoms with van der Waals surface area (Å²) in [6, 6.07) is 12.8. The van der Waals surface area contributed by atoms with Gasteiger partial charge in [0, 0.05) is 17.3 Å². The van der Waals surface area contributed by atoms with Crippen LogP contribution in [0.15, 0.2) is 60.2 Å². The van der Waals surface area contributed by atoms with E-state index in [9.17, 15) is 19.8 Å². The fraction of sp³-hybridized carbons (Fsp3) is 0.185. The predicted molar refractivity (Wildman–Crippen MR) is 135 cm³/mol. The molecular weight excluding hydrogens is 502 g/mol. The summed E-state index contributed by atoms with van der Waals surface area (Å²) in [6.07, 6.45) is 0. The molecule has 10 heteroatoms. The van der Waals surface area contributed by atoms with Gasteiger partial charge in [0.2, 0.25) is 6.79 Å². The highest BCUT2D eigenvalue weighted by atomic mass is 35.5. The number of fused-ring (bicyclic) bond motifs is 1. The van der Waals surface area contributed by atoms with Gasteiger partial charge in [-0.1, -0.05) is 17.7 Å². The van der Waals surface area contributed by atoms with Crippen LogP contribution in [0.1, 0.15) is 24.1 Å². The van der Waals surface area contributed by atoms with Crippen LogP contribution in [0, 0.1) is 0 Å². The molecule has 2 aliphatic rings. The van der Waals surface area contributed by atoms with E-state index in [0.717, 1.165) is 0 Å². The van der Waals surface area contributed by atoms with Gasteiger partial charge in [0.1, 0.15) is 11.5 Å².